The molecule has 1 N–H and O–H groups in total. The molecule has 1 aromatic rings. The number of nitrogens with one attached hydrogen (secondary N) is 1. The predicted molar refractivity (Wildman–Crippen MR) is 72.7 cm³/mol. The summed E-state index contributed by atoms with van der Waals surface area (Å²) in [5, 5.41) is 3.45. The molecule has 18 heavy (non-hydrogen) atoms. The van der Waals surface area contributed by atoms with E-state index in [1.807, 2.05) is 4.90 Å². The molecular formula is C15H20N2O. The Labute approximate surface area is 108 Å². The summed E-state index contributed by atoms with van der Waals surface area (Å²) in [5.74, 6) is 0.913. The van der Waals surface area contributed by atoms with Crippen molar-refractivity contribution >= 4 is 11.6 Å². The van der Waals surface area contributed by atoms with E-state index in [2.05, 4.69) is 29.6 Å². The molecule has 1 unspecified atom stereocenters. The monoisotopic (exact) mass is 244 g/mol. The van der Waals surface area contributed by atoms with Crippen LogP contribution in [0.1, 0.15) is 37.2 Å². The van der Waals surface area contributed by atoms with Crippen LogP contribution in [0.15, 0.2) is 24.3 Å². The van der Waals surface area contributed by atoms with Crippen LogP contribution in [0, 0.1) is 0 Å². The van der Waals surface area contributed by atoms with Gasteiger partial charge in [0.15, 0.2) is 0 Å². The van der Waals surface area contributed by atoms with Gasteiger partial charge in [0, 0.05) is 37.7 Å². The van der Waals surface area contributed by atoms with Crippen molar-refractivity contribution in [2.45, 2.75) is 31.6 Å². The molecule has 0 bridgehead atoms. The predicted octanol–water partition coefficient (Wildman–Crippen LogP) is 2.60. The first-order valence-electron chi connectivity index (χ1n) is 6.95. The number of anilines is 1. The summed E-state index contributed by atoms with van der Waals surface area (Å²) < 4.78 is 0. The van der Waals surface area contributed by atoms with Crippen LogP contribution >= 0.6 is 0 Å². The molecule has 0 aromatic heterocycles. The van der Waals surface area contributed by atoms with Crippen molar-refractivity contribution in [2.75, 3.05) is 25.0 Å². The Kier molecular flexibility index (Phi) is 3.22. The summed E-state index contributed by atoms with van der Waals surface area (Å²) in [6.45, 7) is 2.89. The zero-order valence-corrected chi connectivity index (χ0v) is 10.7. The van der Waals surface area contributed by atoms with E-state index in [4.69, 9.17) is 0 Å². The summed E-state index contributed by atoms with van der Waals surface area (Å²) in [6, 6.07) is 8.52. The molecule has 2 aliphatic rings. The first kappa shape index (κ1) is 11.6. The standard InChI is InChI=1S/C15H20N2O/c18-15-7-3-4-9-17(15)10-8-12-11-16-14-6-2-1-5-13(12)14/h1-2,5-6,12,16H,3-4,7-11H2. The van der Waals surface area contributed by atoms with Crippen LogP contribution in [0.5, 0.6) is 0 Å². The number of carbonyl (C=O) groups is 1. The number of nitrogens with zero attached hydrogens (tertiary/aromatic N) is 1. The molecular weight excluding hydrogens is 224 g/mol. The lowest BCUT2D eigenvalue weighted by molar-refractivity contribution is -0.133. The average Bonchev–Trinajstić information content (AvgIpc) is 2.81. The third-order valence-corrected chi connectivity index (χ3v) is 4.11. The first-order valence-corrected chi connectivity index (χ1v) is 6.95. The van der Waals surface area contributed by atoms with Crippen molar-refractivity contribution in [1.82, 2.24) is 4.90 Å². The van der Waals surface area contributed by atoms with Crippen molar-refractivity contribution in [3.63, 3.8) is 0 Å². The minimum absolute atomic E-state index is 0.348. The van der Waals surface area contributed by atoms with Gasteiger partial charge in [-0.25, -0.2) is 0 Å². The molecule has 96 valence electrons. The highest BCUT2D eigenvalue weighted by Crippen LogP contribution is 2.33. The van der Waals surface area contributed by atoms with E-state index in [1.165, 1.54) is 17.7 Å². The minimum Gasteiger partial charge on any atom is -0.384 e. The molecule has 0 saturated carbocycles. The average molecular weight is 244 g/mol. The third-order valence-electron chi connectivity index (χ3n) is 4.11. The van der Waals surface area contributed by atoms with Crippen LogP contribution in [-0.4, -0.2) is 30.4 Å². The summed E-state index contributed by atoms with van der Waals surface area (Å²) in [6.07, 6.45) is 4.07. The van der Waals surface area contributed by atoms with E-state index in [0.29, 0.717) is 11.8 Å². The number of carbonyl (C=O) groups excluding carboxylic acids is 1. The SMILES string of the molecule is O=C1CCCCN1CCC1CNc2ccccc21. The molecule has 1 fully saturated rings. The summed E-state index contributed by atoms with van der Waals surface area (Å²) >= 11 is 0. The zero-order chi connectivity index (χ0) is 12.4. The number of rotatable bonds is 3. The van der Waals surface area contributed by atoms with E-state index < -0.39 is 0 Å². The molecule has 1 aromatic carbocycles. The second-order valence-corrected chi connectivity index (χ2v) is 5.29. The maximum absolute atomic E-state index is 11.8. The van der Waals surface area contributed by atoms with Crippen LogP contribution in [0.2, 0.25) is 0 Å². The highest BCUT2D eigenvalue weighted by atomic mass is 16.2. The van der Waals surface area contributed by atoms with Crippen LogP contribution in [0.25, 0.3) is 0 Å². The molecule has 0 aliphatic carbocycles. The smallest absolute Gasteiger partial charge is 0.222 e. The van der Waals surface area contributed by atoms with E-state index in [1.54, 1.807) is 0 Å². The van der Waals surface area contributed by atoms with Crippen molar-refractivity contribution in [2.24, 2.45) is 0 Å². The van der Waals surface area contributed by atoms with Crippen LogP contribution in [0.4, 0.5) is 5.69 Å². The van der Waals surface area contributed by atoms with E-state index in [0.717, 1.165) is 38.9 Å². The Morgan fingerprint density at radius 1 is 1.28 bits per heavy atom. The van der Waals surface area contributed by atoms with Crippen molar-refractivity contribution < 1.29 is 4.79 Å². The molecule has 3 nitrogen and oxygen atoms in total. The van der Waals surface area contributed by atoms with Crippen molar-refractivity contribution in [3.8, 4) is 0 Å². The van der Waals surface area contributed by atoms with E-state index in [9.17, 15) is 4.79 Å². The molecule has 1 amide bonds. The molecule has 2 heterocycles. The minimum atomic E-state index is 0.348. The van der Waals surface area contributed by atoms with Gasteiger partial charge in [-0.1, -0.05) is 18.2 Å². The van der Waals surface area contributed by atoms with Gasteiger partial charge in [0.05, 0.1) is 0 Å². The van der Waals surface area contributed by atoms with Gasteiger partial charge < -0.3 is 10.2 Å². The summed E-state index contributed by atoms with van der Waals surface area (Å²) in [5.41, 5.74) is 2.69. The maximum atomic E-state index is 11.8. The molecule has 1 atom stereocenters. The van der Waals surface area contributed by atoms with Crippen LogP contribution in [-0.2, 0) is 4.79 Å². The second-order valence-electron chi connectivity index (χ2n) is 5.29. The normalized spacial score (nSPS) is 22.8. The Hall–Kier alpha value is -1.51. The van der Waals surface area contributed by atoms with Gasteiger partial charge in [0.25, 0.3) is 0 Å². The highest BCUT2D eigenvalue weighted by molar-refractivity contribution is 5.76. The molecule has 3 rings (SSSR count). The Morgan fingerprint density at radius 2 is 2.17 bits per heavy atom. The van der Waals surface area contributed by atoms with Gasteiger partial charge in [0.2, 0.25) is 5.91 Å². The van der Waals surface area contributed by atoms with Gasteiger partial charge in [-0.15, -0.1) is 0 Å². The number of piperidine rings is 1. The molecule has 1 saturated heterocycles. The van der Waals surface area contributed by atoms with Gasteiger partial charge in [-0.3, -0.25) is 4.79 Å². The fourth-order valence-electron chi connectivity index (χ4n) is 3.02. The van der Waals surface area contributed by atoms with Crippen molar-refractivity contribution in [3.05, 3.63) is 29.8 Å². The van der Waals surface area contributed by atoms with E-state index >= 15 is 0 Å². The highest BCUT2D eigenvalue weighted by Gasteiger charge is 2.24. The van der Waals surface area contributed by atoms with Crippen LogP contribution in [0.3, 0.4) is 0 Å². The number of likely N-dealkylation sites (tertiary alicyclic amines) is 1. The molecule has 0 spiro atoms. The largest absolute Gasteiger partial charge is 0.384 e. The number of benzene rings is 1. The van der Waals surface area contributed by atoms with Gasteiger partial charge in [-0.05, 0) is 30.9 Å². The molecule has 2 aliphatic heterocycles. The first-order chi connectivity index (χ1) is 8.84. The number of hydrogen-bond acceptors (Lipinski definition) is 2. The number of hydrogen-bond donors (Lipinski definition) is 1. The van der Waals surface area contributed by atoms with E-state index in [-0.39, 0.29) is 0 Å². The lowest BCUT2D eigenvalue weighted by Gasteiger charge is -2.27. The van der Waals surface area contributed by atoms with Crippen molar-refractivity contribution in [1.29, 1.82) is 0 Å². The second kappa shape index (κ2) is 5.01. The number of fused-ring (bicyclic) bond motifs is 1. The summed E-state index contributed by atoms with van der Waals surface area (Å²) in [4.78, 5) is 13.8. The quantitative estimate of drug-likeness (QED) is 0.886. The Morgan fingerprint density at radius 3 is 3.06 bits per heavy atom. The topological polar surface area (TPSA) is 32.3 Å². The Balaban J connectivity index is 1.60. The lowest BCUT2D eigenvalue weighted by atomic mass is 9.97. The number of amides is 1. The fourth-order valence-corrected chi connectivity index (χ4v) is 3.02. The lowest BCUT2D eigenvalue weighted by Crippen LogP contribution is -2.36. The molecule has 0 radical (unpaired) electrons. The third kappa shape index (κ3) is 2.22. The maximum Gasteiger partial charge on any atom is 0.222 e. The Bertz CT molecular complexity index is 444. The number of para-hydroxylation sites is 1. The van der Waals surface area contributed by atoms with Crippen LogP contribution < -0.4 is 5.32 Å². The summed E-state index contributed by atoms with van der Waals surface area (Å²) in [7, 11) is 0. The van der Waals surface area contributed by atoms with Gasteiger partial charge >= 0.3 is 0 Å². The molecule has 3 heteroatoms. The fraction of sp³-hybridized carbons (Fsp3) is 0.533. The zero-order valence-electron chi connectivity index (χ0n) is 10.7. The van der Waals surface area contributed by atoms with Gasteiger partial charge in [-0.2, -0.15) is 0 Å². The van der Waals surface area contributed by atoms with Gasteiger partial charge in [0.1, 0.15) is 0 Å².